The third-order valence-corrected chi connectivity index (χ3v) is 11.7. The van der Waals surface area contributed by atoms with Gasteiger partial charge in [-0.3, -0.25) is 14.5 Å². The summed E-state index contributed by atoms with van der Waals surface area (Å²) in [5.74, 6) is -0.611. The van der Waals surface area contributed by atoms with Crippen LogP contribution in [0.25, 0.3) is 0 Å². The number of carbonyl (C=O) groups excluding carboxylic acids is 2. The van der Waals surface area contributed by atoms with Gasteiger partial charge in [-0.2, -0.15) is 0 Å². The monoisotopic (exact) mass is 695 g/mol. The Labute approximate surface area is 282 Å². The molecule has 0 unspecified atom stereocenters. The summed E-state index contributed by atoms with van der Waals surface area (Å²) in [5, 5.41) is 0.212. The highest BCUT2D eigenvalue weighted by Gasteiger charge is 2.36. The minimum atomic E-state index is -1.70. The molecule has 47 heavy (non-hydrogen) atoms. The van der Waals surface area contributed by atoms with Gasteiger partial charge in [-0.25, -0.2) is 0 Å². The summed E-state index contributed by atoms with van der Waals surface area (Å²) in [4.78, 5) is 23.9. The molecule has 0 aromatic rings. The first-order valence-corrected chi connectivity index (χ1v) is 19.5. The first-order chi connectivity index (χ1) is 22.6. The molecule has 1 aliphatic heterocycles. The molecule has 0 bridgehead atoms. The quantitative estimate of drug-likeness (QED) is 0.0552. The van der Waals surface area contributed by atoms with Crippen LogP contribution in [0.5, 0.6) is 0 Å². The molecular weight excluding hydrogens is 634 g/mol. The molecular formula is C32H61NO13Si. The Balaban J connectivity index is 1.66. The molecule has 15 heteroatoms. The molecule has 2 amide bonds. The molecule has 0 fully saturated rings. The fourth-order valence-electron chi connectivity index (χ4n) is 3.46. The van der Waals surface area contributed by atoms with E-state index in [0.717, 1.165) is 4.90 Å². The topological polar surface area (TPSA) is 139 Å². The second-order valence-electron chi connectivity index (χ2n) is 11.9. The lowest BCUT2D eigenvalue weighted by Gasteiger charge is -2.36. The van der Waals surface area contributed by atoms with E-state index in [2.05, 4.69) is 33.9 Å². The minimum Gasteiger partial charge on any atom is -0.414 e. The summed E-state index contributed by atoms with van der Waals surface area (Å²) in [6.07, 6.45) is 2.51. The molecule has 0 aromatic heterocycles. The van der Waals surface area contributed by atoms with Gasteiger partial charge in [0.1, 0.15) is 0 Å². The number of hydrogen-bond donors (Lipinski definition) is 0. The summed E-state index contributed by atoms with van der Waals surface area (Å²) in [6, 6.07) is 0. The average molecular weight is 696 g/mol. The molecule has 1 aliphatic rings. The van der Waals surface area contributed by atoms with Crippen LogP contribution < -0.4 is 0 Å². The van der Waals surface area contributed by atoms with Crippen LogP contribution in [-0.4, -0.2) is 170 Å². The van der Waals surface area contributed by atoms with Crippen LogP contribution >= 0.6 is 0 Å². The van der Waals surface area contributed by atoms with Crippen molar-refractivity contribution < 1.29 is 61.4 Å². The van der Waals surface area contributed by atoms with Crippen molar-refractivity contribution in [1.82, 2.24) is 4.90 Å². The van der Waals surface area contributed by atoms with E-state index in [1.54, 1.807) is 0 Å². The molecule has 0 aliphatic carbocycles. The van der Waals surface area contributed by atoms with E-state index in [0.29, 0.717) is 132 Å². The highest BCUT2D eigenvalue weighted by atomic mass is 28.4. The van der Waals surface area contributed by atoms with Gasteiger partial charge in [0.2, 0.25) is 0 Å². The van der Waals surface area contributed by atoms with E-state index in [1.165, 1.54) is 12.2 Å². The summed E-state index contributed by atoms with van der Waals surface area (Å²) in [6.45, 7) is 21.6. The number of ether oxygens (including phenoxy) is 10. The smallest absolute Gasteiger partial charge is 0.253 e. The van der Waals surface area contributed by atoms with Crippen LogP contribution in [-0.2, 0) is 61.4 Å². The van der Waals surface area contributed by atoms with Crippen LogP contribution in [0.3, 0.4) is 0 Å². The Morgan fingerprint density at radius 3 is 0.936 bits per heavy atom. The standard InChI is InChI=1S/C32H61NO13Si/c1-32(2,3)47(4,5)46-29-28-45-27-26-44-25-24-43-23-22-42-21-20-41-19-18-40-17-16-39-15-14-38-13-12-37-11-10-36-9-8-33-30(34)6-7-31(33)35/h6-7H,8-29H2,1-5H3. The molecule has 0 N–H and O–H groups in total. The lowest BCUT2D eigenvalue weighted by Crippen LogP contribution is -2.41. The van der Waals surface area contributed by atoms with Gasteiger partial charge in [0.05, 0.1) is 145 Å². The van der Waals surface area contributed by atoms with Gasteiger partial charge in [-0.05, 0) is 18.1 Å². The molecule has 0 saturated carbocycles. The molecule has 1 heterocycles. The number of rotatable bonds is 34. The zero-order valence-corrected chi connectivity index (χ0v) is 30.5. The first kappa shape index (κ1) is 43.7. The van der Waals surface area contributed by atoms with Gasteiger partial charge >= 0.3 is 0 Å². The van der Waals surface area contributed by atoms with E-state index in [-0.39, 0.29) is 30.0 Å². The van der Waals surface area contributed by atoms with Crippen LogP contribution in [0.15, 0.2) is 12.2 Å². The van der Waals surface area contributed by atoms with E-state index < -0.39 is 8.32 Å². The summed E-state index contributed by atoms with van der Waals surface area (Å²) >= 11 is 0. The van der Waals surface area contributed by atoms with Crippen molar-refractivity contribution in [2.24, 2.45) is 0 Å². The van der Waals surface area contributed by atoms with Crippen LogP contribution in [0, 0.1) is 0 Å². The van der Waals surface area contributed by atoms with Crippen LogP contribution in [0.4, 0.5) is 0 Å². The highest BCUT2D eigenvalue weighted by molar-refractivity contribution is 6.74. The number of hydrogen-bond acceptors (Lipinski definition) is 13. The van der Waals surface area contributed by atoms with Crippen LogP contribution in [0.1, 0.15) is 20.8 Å². The van der Waals surface area contributed by atoms with Crippen molar-refractivity contribution in [3.63, 3.8) is 0 Å². The maximum atomic E-state index is 11.4. The third kappa shape index (κ3) is 24.4. The first-order valence-electron chi connectivity index (χ1n) is 16.6. The predicted molar refractivity (Wildman–Crippen MR) is 177 cm³/mol. The van der Waals surface area contributed by atoms with Gasteiger partial charge in [-0.15, -0.1) is 0 Å². The predicted octanol–water partition coefficient (Wildman–Crippen LogP) is 2.10. The van der Waals surface area contributed by atoms with Gasteiger partial charge in [0, 0.05) is 12.2 Å². The van der Waals surface area contributed by atoms with Crippen molar-refractivity contribution >= 4 is 20.1 Å². The Hall–Kier alpha value is -1.34. The van der Waals surface area contributed by atoms with Gasteiger partial charge in [0.25, 0.3) is 11.8 Å². The van der Waals surface area contributed by atoms with Crippen molar-refractivity contribution in [3.8, 4) is 0 Å². The number of imide groups is 1. The molecule has 276 valence electrons. The fraction of sp³-hybridized carbons (Fsp3) is 0.875. The molecule has 0 radical (unpaired) electrons. The zero-order valence-electron chi connectivity index (χ0n) is 29.5. The van der Waals surface area contributed by atoms with Crippen molar-refractivity contribution in [1.29, 1.82) is 0 Å². The van der Waals surface area contributed by atoms with Gasteiger partial charge in [-0.1, -0.05) is 20.8 Å². The second-order valence-corrected chi connectivity index (χ2v) is 16.7. The van der Waals surface area contributed by atoms with E-state index >= 15 is 0 Å². The van der Waals surface area contributed by atoms with Gasteiger partial charge in [0.15, 0.2) is 8.32 Å². The second kappa shape index (κ2) is 28.5. The summed E-state index contributed by atoms with van der Waals surface area (Å²) in [5.41, 5.74) is 0. The fourth-order valence-corrected chi connectivity index (χ4v) is 4.49. The number of carbonyl (C=O) groups is 2. The Bertz CT molecular complexity index is 792. The highest BCUT2D eigenvalue weighted by Crippen LogP contribution is 2.36. The normalized spacial score (nSPS) is 13.9. The zero-order chi connectivity index (χ0) is 34.5. The Morgan fingerprint density at radius 2 is 0.681 bits per heavy atom. The Kier molecular flexibility index (Phi) is 26.5. The molecule has 14 nitrogen and oxygen atoms in total. The maximum absolute atomic E-state index is 11.4. The lowest BCUT2D eigenvalue weighted by atomic mass is 10.2. The SMILES string of the molecule is CC(C)(C)[Si](C)(C)OCCOCCOCCOCCOCCOCCOCCOCCOCCOCCOCCN1C(=O)C=CC1=O. The van der Waals surface area contributed by atoms with Crippen molar-refractivity contribution in [3.05, 3.63) is 12.2 Å². The summed E-state index contributed by atoms with van der Waals surface area (Å²) in [7, 11) is -1.70. The lowest BCUT2D eigenvalue weighted by molar-refractivity contribution is -0.137. The Morgan fingerprint density at radius 1 is 0.447 bits per heavy atom. The van der Waals surface area contributed by atoms with Crippen LogP contribution in [0.2, 0.25) is 18.1 Å². The van der Waals surface area contributed by atoms with E-state index in [4.69, 9.17) is 51.8 Å². The molecule has 0 aromatic carbocycles. The largest absolute Gasteiger partial charge is 0.414 e. The van der Waals surface area contributed by atoms with Crippen molar-refractivity contribution in [2.75, 3.05) is 145 Å². The molecule has 0 spiro atoms. The average Bonchev–Trinajstić information content (AvgIpc) is 3.35. The molecule has 1 rings (SSSR count). The van der Waals surface area contributed by atoms with Crippen molar-refractivity contribution in [2.45, 2.75) is 38.9 Å². The molecule has 0 saturated heterocycles. The van der Waals surface area contributed by atoms with E-state index in [9.17, 15) is 9.59 Å². The molecule has 0 atom stereocenters. The summed E-state index contributed by atoms with van der Waals surface area (Å²) < 4.78 is 60.8. The van der Waals surface area contributed by atoms with E-state index in [1.807, 2.05) is 0 Å². The third-order valence-electron chi connectivity index (χ3n) is 7.20. The number of nitrogens with zero attached hydrogens (tertiary/aromatic N) is 1. The maximum Gasteiger partial charge on any atom is 0.253 e. The minimum absolute atomic E-state index is 0.212. The number of amides is 2. The van der Waals surface area contributed by atoms with Gasteiger partial charge < -0.3 is 51.8 Å².